The highest BCUT2D eigenvalue weighted by atomic mass is 32.1. The number of benzene rings is 6. The summed E-state index contributed by atoms with van der Waals surface area (Å²) in [5.41, 5.74) is 19.0. The zero-order chi connectivity index (χ0) is 40.7. The van der Waals surface area contributed by atoms with Crippen LogP contribution in [0.15, 0.2) is 121 Å². The molecule has 3 aliphatic rings. The molecule has 2 aliphatic heterocycles. The Bertz CT molecular complexity index is 3010. The summed E-state index contributed by atoms with van der Waals surface area (Å²) in [5, 5.41) is 2.72. The SMILES string of the molecule is Cc1cc2c3c(c1)N(c1ccc(C(C)(C)C)cc1-c1ccccc1)c1c(sc4cc5c(cc14)CC(C)(C)C5)B3c1sc3ccccc3c1N2c1ccc(C(C)(C)C)cc1. The molecule has 0 amide bonds. The van der Waals surface area contributed by atoms with Crippen molar-refractivity contribution in [3.05, 3.63) is 149 Å². The van der Waals surface area contributed by atoms with Gasteiger partial charge in [-0.2, -0.15) is 0 Å². The van der Waals surface area contributed by atoms with E-state index < -0.39 is 0 Å². The van der Waals surface area contributed by atoms with Crippen molar-refractivity contribution in [3.8, 4) is 11.1 Å². The van der Waals surface area contributed by atoms with Crippen molar-refractivity contribution in [3.63, 3.8) is 0 Å². The molecule has 2 nitrogen and oxygen atoms in total. The van der Waals surface area contributed by atoms with Gasteiger partial charge >= 0.3 is 0 Å². The van der Waals surface area contributed by atoms with E-state index in [9.17, 15) is 0 Å². The first-order chi connectivity index (χ1) is 28.1. The van der Waals surface area contributed by atoms with Gasteiger partial charge in [0.2, 0.25) is 0 Å². The third-order valence-electron chi connectivity index (χ3n) is 13.1. The van der Waals surface area contributed by atoms with Gasteiger partial charge in [-0.3, -0.25) is 0 Å². The zero-order valence-corrected chi connectivity index (χ0v) is 37.4. The van der Waals surface area contributed by atoms with E-state index >= 15 is 0 Å². The maximum absolute atomic E-state index is 2.69. The average molecular weight is 803 g/mol. The molecule has 0 N–H and O–H groups in total. The Labute approximate surface area is 358 Å². The standard InChI is InChI=1S/C54H51BN2S2/c1-32-25-43-47-44(26-32)57(42-24-21-37(53(5,6)7)29-40(42)33-15-11-10-12-16-33)49-41-27-34-30-54(8,9)31-35(34)28-46(41)59-51(49)55(47)50-48(39-17-13-14-18-45(39)58-50)56(43)38-22-19-36(20-23-38)52(2,3)4/h10-29H,30-31H2,1-9H3. The Hall–Kier alpha value is -5.10. The molecular weight excluding hydrogens is 752 g/mol. The predicted octanol–water partition coefficient (Wildman–Crippen LogP) is 13.9. The van der Waals surface area contributed by atoms with Crippen LogP contribution in [-0.4, -0.2) is 6.71 Å². The van der Waals surface area contributed by atoms with Crippen molar-refractivity contribution in [1.82, 2.24) is 0 Å². The van der Waals surface area contributed by atoms with Gasteiger partial charge in [0.25, 0.3) is 6.71 Å². The Morgan fingerprint density at radius 1 is 0.559 bits per heavy atom. The minimum atomic E-state index is 0.00572. The molecule has 5 heteroatoms. The van der Waals surface area contributed by atoms with Crippen molar-refractivity contribution in [1.29, 1.82) is 0 Å². The summed E-state index contributed by atoms with van der Waals surface area (Å²) < 4.78 is 5.64. The van der Waals surface area contributed by atoms with Crippen molar-refractivity contribution in [2.45, 2.75) is 86.0 Å². The van der Waals surface area contributed by atoms with Crippen LogP contribution in [0.25, 0.3) is 31.3 Å². The van der Waals surface area contributed by atoms with Gasteiger partial charge in [0.05, 0.1) is 17.1 Å². The molecule has 1 aliphatic carbocycles. The molecule has 11 rings (SSSR count). The molecule has 0 saturated carbocycles. The molecule has 292 valence electrons. The van der Waals surface area contributed by atoms with Crippen LogP contribution in [-0.2, 0) is 23.7 Å². The molecule has 8 aromatic rings. The lowest BCUT2D eigenvalue weighted by atomic mass is 9.39. The molecule has 0 saturated heterocycles. The van der Waals surface area contributed by atoms with E-state index in [1.165, 1.54) is 108 Å². The average Bonchev–Trinajstić information content (AvgIpc) is 3.85. The second-order valence-electron chi connectivity index (χ2n) is 20.2. The molecule has 0 unspecified atom stereocenters. The highest BCUT2D eigenvalue weighted by Gasteiger charge is 2.47. The van der Waals surface area contributed by atoms with Crippen molar-refractivity contribution in [2.75, 3.05) is 9.80 Å². The summed E-state index contributed by atoms with van der Waals surface area (Å²) in [6.45, 7) is 21.2. The Morgan fingerprint density at radius 2 is 1.15 bits per heavy atom. The Morgan fingerprint density at radius 3 is 1.85 bits per heavy atom. The lowest BCUT2D eigenvalue weighted by Gasteiger charge is -2.43. The van der Waals surface area contributed by atoms with E-state index in [4.69, 9.17) is 0 Å². The minimum Gasteiger partial charge on any atom is -0.310 e. The van der Waals surface area contributed by atoms with E-state index in [0.29, 0.717) is 0 Å². The van der Waals surface area contributed by atoms with Crippen molar-refractivity contribution in [2.24, 2.45) is 5.41 Å². The normalized spacial score (nSPS) is 15.4. The molecule has 0 atom stereocenters. The largest absolute Gasteiger partial charge is 0.310 e. The molecule has 4 heterocycles. The third kappa shape index (κ3) is 5.71. The predicted molar refractivity (Wildman–Crippen MR) is 260 cm³/mol. The fraction of sp³-hybridized carbons (Fsp3) is 0.259. The number of thiophene rings is 2. The number of fused-ring (bicyclic) bond motifs is 9. The number of aryl methyl sites for hydroxylation is 1. The van der Waals surface area contributed by atoms with Crippen molar-refractivity contribution < 1.29 is 0 Å². The number of nitrogens with zero attached hydrogens (tertiary/aromatic N) is 2. The summed E-state index contributed by atoms with van der Waals surface area (Å²) in [4.78, 5) is 5.30. The molecule has 59 heavy (non-hydrogen) atoms. The van der Waals surface area contributed by atoms with Gasteiger partial charge in [-0.15, -0.1) is 22.7 Å². The highest BCUT2D eigenvalue weighted by Crippen LogP contribution is 2.53. The van der Waals surface area contributed by atoms with Gasteiger partial charge < -0.3 is 9.80 Å². The van der Waals surface area contributed by atoms with Crippen LogP contribution >= 0.6 is 22.7 Å². The fourth-order valence-corrected chi connectivity index (χ4v) is 13.0. The molecular formula is C54H51BN2S2. The number of hydrogen-bond acceptors (Lipinski definition) is 4. The zero-order valence-electron chi connectivity index (χ0n) is 35.7. The van der Waals surface area contributed by atoms with Gasteiger partial charge in [0.15, 0.2) is 0 Å². The smallest absolute Gasteiger partial charge is 0.277 e. The summed E-state index contributed by atoms with van der Waals surface area (Å²) in [6, 6.07) is 47.0. The van der Waals surface area contributed by atoms with E-state index in [1.54, 1.807) is 0 Å². The van der Waals surface area contributed by atoms with E-state index in [2.05, 4.69) is 193 Å². The summed E-state index contributed by atoms with van der Waals surface area (Å²) >= 11 is 4.03. The third-order valence-corrected chi connectivity index (χ3v) is 15.6. The molecule has 2 aromatic heterocycles. The van der Waals surface area contributed by atoms with E-state index in [1.807, 2.05) is 22.7 Å². The number of rotatable bonds is 3. The summed E-state index contributed by atoms with van der Waals surface area (Å²) in [6.07, 6.45) is 2.25. The second kappa shape index (κ2) is 12.7. The molecule has 0 radical (unpaired) electrons. The van der Waals surface area contributed by atoms with Crippen LogP contribution in [0.3, 0.4) is 0 Å². The maximum Gasteiger partial charge on any atom is 0.277 e. The van der Waals surface area contributed by atoms with Crippen LogP contribution < -0.4 is 24.8 Å². The maximum atomic E-state index is 2.69. The number of anilines is 6. The van der Waals surface area contributed by atoms with Crippen LogP contribution in [0.4, 0.5) is 34.1 Å². The Balaban J connectivity index is 1.26. The summed E-state index contributed by atoms with van der Waals surface area (Å²) in [7, 11) is 0. The molecule has 0 fully saturated rings. The van der Waals surface area contributed by atoms with Gasteiger partial charge in [-0.25, -0.2) is 0 Å². The number of hydrogen-bond donors (Lipinski definition) is 0. The first-order valence-electron chi connectivity index (χ1n) is 21.3. The highest BCUT2D eigenvalue weighted by molar-refractivity contribution is 7.40. The molecule has 0 spiro atoms. The molecule has 0 bridgehead atoms. The quantitative estimate of drug-likeness (QED) is 0.164. The van der Waals surface area contributed by atoms with Gasteiger partial charge in [-0.05, 0) is 129 Å². The van der Waals surface area contributed by atoms with Crippen molar-refractivity contribution >= 4 is 98.7 Å². The fourth-order valence-electron chi connectivity index (χ4n) is 10.3. The summed E-state index contributed by atoms with van der Waals surface area (Å²) in [5.74, 6) is 0. The molecule has 6 aromatic carbocycles. The van der Waals surface area contributed by atoms with Crippen LogP contribution in [0.5, 0.6) is 0 Å². The first kappa shape index (κ1) is 36.9. The lowest BCUT2D eigenvalue weighted by molar-refractivity contribution is 0.392. The van der Waals surface area contributed by atoms with Gasteiger partial charge in [0.1, 0.15) is 0 Å². The van der Waals surface area contributed by atoms with Gasteiger partial charge in [0, 0.05) is 52.4 Å². The van der Waals surface area contributed by atoms with Crippen LogP contribution in [0.1, 0.15) is 83.2 Å². The topological polar surface area (TPSA) is 6.48 Å². The minimum absolute atomic E-state index is 0.00572. The van der Waals surface area contributed by atoms with Crippen LogP contribution in [0, 0.1) is 12.3 Å². The van der Waals surface area contributed by atoms with E-state index in [0.717, 1.165) is 12.8 Å². The van der Waals surface area contributed by atoms with E-state index in [-0.39, 0.29) is 23.0 Å². The van der Waals surface area contributed by atoms with Crippen LogP contribution in [0.2, 0.25) is 0 Å². The van der Waals surface area contributed by atoms with Gasteiger partial charge in [-0.1, -0.05) is 122 Å². The second-order valence-corrected chi connectivity index (χ2v) is 22.4. The first-order valence-corrected chi connectivity index (χ1v) is 22.9. The lowest BCUT2D eigenvalue weighted by Crippen LogP contribution is -2.59. The monoisotopic (exact) mass is 802 g/mol. The Kier molecular flexibility index (Phi) is 7.96.